The van der Waals surface area contributed by atoms with Crippen LogP contribution in [0.2, 0.25) is 0 Å². The highest BCUT2D eigenvalue weighted by Gasteiger charge is 2.26. The summed E-state index contributed by atoms with van der Waals surface area (Å²) in [7, 11) is -4.64. The van der Waals surface area contributed by atoms with E-state index in [4.69, 9.17) is 0 Å². The van der Waals surface area contributed by atoms with Crippen LogP contribution in [0.15, 0.2) is 45.1 Å². The van der Waals surface area contributed by atoms with Crippen LogP contribution in [0.25, 0.3) is 0 Å². The minimum atomic E-state index is -4.64. The second-order valence-electron chi connectivity index (χ2n) is 4.54. The third-order valence-corrected chi connectivity index (χ3v) is 6.05. The van der Waals surface area contributed by atoms with Crippen LogP contribution < -0.4 is 5.32 Å². The topological polar surface area (TPSA) is 63.2 Å². The molecule has 1 N–H and O–H groups in total. The van der Waals surface area contributed by atoms with Gasteiger partial charge in [-0.1, -0.05) is 0 Å². The third-order valence-electron chi connectivity index (χ3n) is 2.97. The van der Waals surface area contributed by atoms with Crippen molar-refractivity contribution in [3.8, 4) is 0 Å². The highest BCUT2D eigenvalue weighted by Crippen LogP contribution is 2.22. The summed E-state index contributed by atoms with van der Waals surface area (Å²) in [4.78, 5) is 12.5. The van der Waals surface area contributed by atoms with Gasteiger partial charge in [0.15, 0.2) is 0 Å². The zero-order valence-corrected chi connectivity index (χ0v) is 14.8. The Morgan fingerprint density at radius 3 is 2.35 bits per heavy atom. The molecule has 0 unspecified atom stereocenters. The van der Waals surface area contributed by atoms with Crippen molar-refractivity contribution in [3.63, 3.8) is 0 Å². The number of carbonyl (C=O) groups excluding carboxylic acids is 1. The van der Waals surface area contributed by atoms with E-state index in [2.05, 4.69) is 21.2 Å². The molecule has 1 heterocycles. The molecule has 1 aromatic heterocycles. The van der Waals surface area contributed by atoms with Gasteiger partial charge in [-0.3, -0.25) is 4.79 Å². The van der Waals surface area contributed by atoms with E-state index in [1.54, 1.807) is 11.3 Å². The van der Waals surface area contributed by atoms with Gasteiger partial charge in [-0.15, -0.1) is 11.3 Å². The average Bonchev–Trinajstić information content (AvgIpc) is 2.92. The number of alkyl halides is 2. The van der Waals surface area contributed by atoms with E-state index in [1.807, 2.05) is 12.1 Å². The van der Waals surface area contributed by atoms with Gasteiger partial charge in [-0.25, -0.2) is 8.42 Å². The lowest BCUT2D eigenvalue weighted by atomic mass is 10.2. The summed E-state index contributed by atoms with van der Waals surface area (Å²) in [6.07, 6.45) is 0.667. The van der Waals surface area contributed by atoms with Gasteiger partial charge >= 0.3 is 5.76 Å². The molecule has 2 aromatic rings. The molecule has 0 bridgehead atoms. The van der Waals surface area contributed by atoms with Crippen molar-refractivity contribution in [1.82, 2.24) is 5.32 Å². The maximum atomic E-state index is 12.4. The van der Waals surface area contributed by atoms with Crippen LogP contribution in [0, 0.1) is 0 Å². The Morgan fingerprint density at radius 2 is 1.83 bits per heavy atom. The van der Waals surface area contributed by atoms with Crippen molar-refractivity contribution in [2.24, 2.45) is 0 Å². The molecule has 0 aliphatic rings. The first-order valence-corrected chi connectivity index (χ1v) is 9.61. The monoisotopic (exact) mass is 423 g/mol. The zero-order valence-electron chi connectivity index (χ0n) is 11.6. The molecule has 0 fully saturated rings. The number of thiophene rings is 1. The number of hydrogen-bond acceptors (Lipinski definition) is 4. The van der Waals surface area contributed by atoms with Crippen LogP contribution in [0.4, 0.5) is 8.78 Å². The van der Waals surface area contributed by atoms with E-state index in [0.29, 0.717) is 13.0 Å². The van der Waals surface area contributed by atoms with Crippen molar-refractivity contribution in [1.29, 1.82) is 0 Å². The summed E-state index contributed by atoms with van der Waals surface area (Å²) < 4.78 is 48.4. The highest BCUT2D eigenvalue weighted by atomic mass is 79.9. The van der Waals surface area contributed by atoms with Crippen LogP contribution in [-0.4, -0.2) is 26.6 Å². The molecular weight excluding hydrogens is 412 g/mol. The maximum Gasteiger partial charge on any atom is 0.341 e. The van der Waals surface area contributed by atoms with E-state index >= 15 is 0 Å². The predicted octanol–water partition coefficient (Wildman–Crippen LogP) is 3.48. The quantitative estimate of drug-likeness (QED) is 0.773. The summed E-state index contributed by atoms with van der Waals surface area (Å²) in [5, 5.41) is 2.69. The molecule has 0 saturated carbocycles. The van der Waals surface area contributed by atoms with Gasteiger partial charge in [0.05, 0.1) is 8.68 Å². The Hall–Kier alpha value is -1.32. The Balaban J connectivity index is 1.95. The number of carbonyl (C=O) groups is 1. The highest BCUT2D eigenvalue weighted by molar-refractivity contribution is 9.11. The first kappa shape index (κ1) is 18.0. The zero-order chi connectivity index (χ0) is 17.0. The molecule has 9 heteroatoms. The van der Waals surface area contributed by atoms with E-state index in [9.17, 15) is 22.0 Å². The number of nitrogens with one attached hydrogen (secondary N) is 1. The van der Waals surface area contributed by atoms with Crippen LogP contribution in [0.3, 0.4) is 0 Å². The standard InChI is InChI=1S/C14H12BrF2NO3S2/c15-12-6-3-10(22-12)7-8-18-13(19)9-1-4-11(5-2-9)23(20,21)14(16)17/h1-6,14H,7-8H2,(H,18,19). The van der Waals surface area contributed by atoms with Gasteiger partial charge in [0.1, 0.15) is 0 Å². The molecule has 4 nitrogen and oxygen atoms in total. The van der Waals surface area contributed by atoms with E-state index < -0.39 is 20.5 Å². The molecule has 2 rings (SSSR count). The molecule has 0 atom stereocenters. The van der Waals surface area contributed by atoms with Crippen molar-refractivity contribution in [2.75, 3.05) is 6.54 Å². The molecule has 0 saturated heterocycles. The van der Waals surface area contributed by atoms with Crippen LogP contribution in [0.5, 0.6) is 0 Å². The van der Waals surface area contributed by atoms with Gasteiger partial charge < -0.3 is 5.32 Å². The van der Waals surface area contributed by atoms with Crippen molar-refractivity contribution < 1.29 is 22.0 Å². The lowest BCUT2D eigenvalue weighted by Crippen LogP contribution is -2.25. The Morgan fingerprint density at radius 1 is 1.17 bits per heavy atom. The number of benzene rings is 1. The first-order valence-electron chi connectivity index (χ1n) is 6.45. The number of sulfone groups is 1. The minimum Gasteiger partial charge on any atom is -0.352 e. The Kier molecular flexibility index (Phi) is 5.88. The fraction of sp³-hybridized carbons (Fsp3) is 0.214. The van der Waals surface area contributed by atoms with Crippen LogP contribution in [0.1, 0.15) is 15.2 Å². The predicted molar refractivity (Wildman–Crippen MR) is 87.7 cm³/mol. The number of rotatable bonds is 6. The largest absolute Gasteiger partial charge is 0.352 e. The number of hydrogen-bond donors (Lipinski definition) is 1. The van der Waals surface area contributed by atoms with Gasteiger partial charge in [0.25, 0.3) is 5.91 Å². The molecule has 124 valence electrons. The smallest absolute Gasteiger partial charge is 0.341 e. The summed E-state index contributed by atoms with van der Waals surface area (Å²) in [5.74, 6) is -3.87. The maximum absolute atomic E-state index is 12.4. The van der Waals surface area contributed by atoms with Crippen LogP contribution in [-0.2, 0) is 16.3 Å². The molecule has 0 spiro atoms. The molecular formula is C14H12BrF2NO3S2. The van der Waals surface area contributed by atoms with Gasteiger partial charge in [-0.2, -0.15) is 8.78 Å². The van der Waals surface area contributed by atoms with Crippen molar-refractivity contribution in [3.05, 3.63) is 50.6 Å². The summed E-state index contributed by atoms with van der Waals surface area (Å²) in [6.45, 7) is 0.420. The second kappa shape index (κ2) is 7.50. The molecule has 0 radical (unpaired) electrons. The normalized spacial score (nSPS) is 11.7. The third kappa shape index (κ3) is 4.58. The van der Waals surface area contributed by atoms with Crippen LogP contribution >= 0.6 is 27.3 Å². The molecule has 0 aliphatic carbocycles. The molecule has 1 amide bonds. The first-order chi connectivity index (χ1) is 10.8. The Labute approximate surface area is 144 Å². The number of amides is 1. The van der Waals surface area contributed by atoms with Gasteiger partial charge in [0, 0.05) is 17.0 Å². The Bertz CT molecular complexity index is 789. The van der Waals surface area contributed by atoms with Gasteiger partial charge in [0.2, 0.25) is 9.84 Å². The summed E-state index contributed by atoms with van der Waals surface area (Å²) in [5.41, 5.74) is 0.213. The summed E-state index contributed by atoms with van der Waals surface area (Å²) in [6, 6.07) is 8.31. The minimum absolute atomic E-state index is 0.213. The molecule has 0 aliphatic heterocycles. The van der Waals surface area contributed by atoms with E-state index in [1.165, 1.54) is 12.1 Å². The lowest BCUT2D eigenvalue weighted by Gasteiger charge is -2.06. The fourth-order valence-corrected chi connectivity index (χ4v) is 3.99. The fourth-order valence-electron chi connectivity index (χ4n) is 1.79. The lowest BCUT2D eigenvalue weighted by molar-refractivity contribution is 0.0954. The van der Waals surface area contributed by atoms with Gasteiger partial charge in [-0.05, 0) is 58.7 Å². The average molecular weight is 424 g/mol. The van der Waals surface area contributed by atoms with Crippen molar-refractivity contribution >= 4 is 43.0 Å². The summed E-state index contributed by atoms with van der Waals surface area (Å²) >= 11 is 4.92. The second-order valence-corrected chi connectivity index (χ2v) is 9.01. The SMILES string of the molecule is O=C(NCCc1ccc(Br)s1)c1ccc(S(=O)(=O)C(F)F)cc1. The van der Waals surface area contributed by atoms with E-state index in [-0.39, 0.29) is 11.5 Å². The molecule has 1 aromatic carbocycles. The van der Waals surface area contributed by atoms with E-state index in [0.717, 1.165) is 20.8 Å². The van der Waals surface area contributed by atoms with Crippen molar-refractivity contribution in [2.45, 2.75) is 17.1 Å². The number of halogens is 3. The molecule has 23 heavy (non-hydrogen) atoms.